The summed E-state index contributed by atoms with van der Waals surface area (Å²) >= 11 is 3.24. The van der Waals surface area contributed by atoms with Gasteiger partial charge in [-0.05, 0) is 40.2 Å². The van der Waals surface area contributed by atoms with E-state index in [0.29, 0.717) is 17.1 Å². The second-order valence-electron chi connectivity index (χ2n) is 4.47. The van der Waals surface area contributed by atoms with E-state index in [-0.39, 0.29) is 11.6 Å². The lowest BCUT2D eigenvalue weighted by molar-refractivity contribution is 0.102. The van der Waals surface area contributed by atoms with Crippen molar-refractivity contribution in [2.45, 2.75) is 0 Å². The molecule has 0 aliphatic heterocycles. The Morgan fingerprint density at radius 2 is 2.05 bits per heavy atom. The standard InChI is InChI=1S/C13H14BrN3O4S/c1-21-12-4-3-9(6-10(12)17-22(2,19)20)16-13(18)11-5-8(14)7-15-11/h3-7,15,17H,1-2H3,(H,16,18). The number of carbonyl (C=O) groups excluding carboxylic acids is 1. The fourth-order valence-electron chi connectivity index (χ4n) is 1.76. The number of hydrogen-bond acceptors (Lipinski definition) is 4. The van der Waals surface area contributed by atoms with Crippen molar-refractivity contribution in [1.29, 1.82) is 0 Å². The first-order chi connectivity index (χ1) is 10.3. The molecule has 0 saturated heterocycles. The van der Waals surface area contributed by atoms with Crippen LogP contribution in [-0.4, -0.2) is 32.7 Å². The summed E-state index contributed by atoms with van der Waals surface area (Å²) in [6, 6.07) is 6.29. The Balaban J connectivity index is 2.25. The Labute approximate surface area is 136 Å². The molecule has 1 aromatic carbocycles. The van der Waals surface area contributed by atoms with Gasteiger partial charge in [0.1, 0.15) is 11.4 Å². The van der Waals surface area contributed by atoms with Crippen LogP contribution in [0.5, 0.6) is 5.75 Å². The summed E-state index contributed by atoms with van der Waals surface area (Å²) in [6.45, 7) is 0. The molecule has 2 rings (SSSR count). The van der Waals surface area contributed by atoms with Crippen LogP contribution < -0.4 is 14.8 Å². The topological polar surface area (TPSA) is 100 Å². The third kappa shape index (κ3) is 4.25. The number of methoxy groups -OCH3 is 1. The van der Waals surface area contributed by atoms with Gasteiger partial charge in [0.15, 0.2) is 0 Å². The highest BCUT2D eigenvalue weighted by Crippen LogP contribution is 2.28. The number of carbonyl (C=O) groups is 1. The Bertz CT molecular complexity index is 801. The summed E-state index contributed by atoms with van der Waals surface area (Å²) in [5, 5.41) is 2.67. The number of sulfonamides is 1. The normalized spacial score (nSPS) is 11.0. The van der Waals surface area contributed by atoms with E-state index in [1.807, 2.05) is 0 Å². The number of hydrogen-bond donors (Lipinski definition) is 3. The maximum absolute atomic E-state index is 12.0. The summed E-state index contributed by atoms with van der Waals surface area (Å²) in [5.74, 6) is 0.00668. The number of anilines is 2. The molecule has 2 aromatic rings. The van der Waals surface area contributed by atoms with Crippen LogP contribution in [-0.2, 0) is 10.0 Å². The molecular formula is C13H14BrN3O4S. The Morgan fingerprint density at radius 1 is 1.32 bits per heavy atom. The number of benzene rings is 1. The van der Waals surface area contributed by atoms with Crippen molar-refractivity contribution in [3.8, 4) is 5.75 Å². The van der Waals surface area contributed by atoms with Crippen molar-refractivity contribution >= 4 is 43.2 Å². The van der Waals surface area contributed by atoms with Gasteiger partial charge in [0.05, 0.1) is 19.1 Å². The smallest absolute Gasteiger partial charge is 0.272 e. The van der Waals surface area contributed by atoms with Gasteiger partial charge < -0.3 is 15.0 Å². The van der Waals surface area contributed by atoms with Crippen molar-refractivity contribution < 1.29 is 17.9 Å². The molecule has 0 radical (unpaired) electrons. The van der Waals surface area contributed by atoms with Crippen LogP contribution in [0.1, 0.15) is 10.5 Å². The number of nitrogens with one attached hydrogen (secondary N) is 3. The van der Waals surface area contributed by atoms with E-state index < -0.39 is 10.0 Å². The van der Waals surface area contributed by atoms with E-state index in [2.05, 4.69) is 31.0 Å². The predicted molar refractivity (Wildman–Crippen MR) is 87.9 cm³/mol. The molecule has 9 heteroatoms. The zero-order valence-electron chi connectivity index (χ0n) is 11.8. The zero-order chi connectivity index (χ0) is 16.3. The SMILES string of the molecule is COc1ccc(NC(=O)c2cc(Br)c[nH]2)cc1NS(C)(=O)=O. The van der Waals surface area contributed by atoms with Gasteiger partial charge in [0.25, 0.3) is 5.91 Å². The second kappa shape index (κ2) is 6.41. The molecule has 1 heterocycles. The van der Waals surface area contributed by atoms with Gasteiger partial charge in [-0.15, -0.1) is 0 Å². The quantitative estimate of drug-likeness (QED) is 0.732. The van der Waals surface area contributed by atoms with Gasteiger partial charge in [0.2, 0.25) is 10.0 Å². The highest BCUT2D eigenvalue weighted by molar-refractivity contribution is 9.10. The van der Waals surface area contributed by atoms with Gasteiger partial charge in [-0.25, -0.2) is 8.42 Å². The molecule has 0 fully saturated rings. The van der Waals surface area contributed by atoms with Crippen molar-refractivity contribution in [3.05, 3.63) is 40.6 Å². The van der Waals surface area contributed by atoms with Crippen molar-refractivity contribution in [2.75, 3.05) is 23.4 Å². The van der Waals surface area contributed by atoms with E-state index in [1.165, 1.54) is 13.2 Å². The van der Waals surface area contributed by atoms with Crippen LogP contribution in [0.2, 0.25) is 0 Å². The highest BCUT2D eigenvalue weighted by Gasteiger charge is 2.12. The minimum Gasteiger partial charge on any atom is -0.495 e. The minimum atomic E-state index is -3.46. The third-order valence-electron chi connectivity index (χ3n) is 2.65. The number of rotatable bonds is 5. The molecule has 0 aliphatic carbocycles. The molecule has 22 heavy (non-hydrogen) atoms. The van der Waals surface area contributed by atoms with Gasteiger partial charge in [0, 0.05) is 16.4 Å². The molecule has 1 aromatic heterocycles. The average Bonchev–Trinajstić information content (AvgIpc) is 2.84. The van der Waals surface area contributed by atoms with E-state index in [0.717, 1.165) is 10.7 Å². The number of amides is 1. The van der Waals surface area contributed by atoms with Crippen molar-refractivity contribution in [1.82, 2.24) is 4.98 Å². The van der Waals surface area contributed by atoms with E-state index in [1.54, 1.807) is 24.4 Å². The van der Waals surface area contributed by atoms with Crippen LogP contribution in [0.3, 0.4) is 0 Å². The molecule has 7 nitrogen and oxygen atoms in total. The van der Waals surface area contributed by atoms with Gasteiger partial charge >= 0.3 is 0 Å². The van der Waals surface area contributed by atoms with E-state index >= 15 is 0 Å². The summed E-state index contributed by atoms with van der Waals surface area (Å²) in [6.07, 6.45) is 2.67. The largest absolute Gasteiger partial charge is 0.495 e. The summed E-state index contributed by atoms with van der Waals surface area (Å²) in [5.41, 5.74) is 1.05. The minimum absolute atomic E-state index is 0.246. The van der Waals surface area contributed by atoms with E-state index in [4.69, 9.17) is 4.74 Å². The maximum Gasteiger partial charge on any atom is 0.272 e. The molecule has 0 unspecified atom stereocenters. The summed E-state index contributed by atoms with van der Waals surface area (Å²) < 4.78 is 30.9. The lowest BCUT2D eigenvalue weighted by Crippen LogP contribution is -2.14. The molecule has 0 aliphatic rings. The Hall–Kier alpha value is -2.00. The first kappa shape index (κ1) is 16.4. The predicted octanol–water partition coefficient (Wildman–Crippen LogP) is 2.41. The molecule has 3 N–H and O–H groups in total. The van der Waals surface area contributed by atoms with Gasteiger partial charge in [-0.3, -0.25) is 9.52 Å². The number of halogens is 1. The molecule has 0 spiro atoms. The number of H-pyrrole nitrogens is 1. The van der Waals surface area contributed by atoms with Crippen LogP contribution in [0.4, 0.5) is 11.4 Å². The summed E-state index contributed by atoms with van der Waals surface area (Å²) in [7, 11) is -2.03. The molecule has 0 saturated carbocycles. The van der Waals surface area contributed by atoms with Crippen molar-refractivity contribution in [2.24, 2.45) is 0 Å². The third-order valence-corrected chi connectivity index (χ3v) is 3.69. The average molecular weight is 388 g/mol. The first-order valence-corrected chi connectivity index (χ1v) is 8.78. The second-order valence-corrected chi connectivity index (χ2v) is 7.14. The highest BCUT2D eigenvalue weighted by atomic mass is 79.9. The first-order valence-electron chi connectivity index (χ1n) is 6.09. The lowest BCUT2D eigenvalue weighted by atomic mass is 10.2. The van der Waals surface area contributed by atoms with Crippen LogP contribution in [0.25, 0.3) is 0 Å². The van der Waals surface area contributed by atoms with Crippen LogP contribution >= 0.6 is 15.9 Å². The van der Waals surface area contributed by atoms with Gasteiger partial charge in [-0.1, -0.05) is 0 Å². The Morgan fingerprint density at radius 3 is 2.59 bits per heavy atom. The molecule has 0 atom stereocenters. The molecule has 0 bridgehead atoms. The zero-order valence-corrected chi connectivity index (χ0v) is 14.2. The van der Waals surface area contributed by atoms with Gasteiger partial charge in [-0.2, -0.15) is 0 Å². The number of aromatic amines is 1. The maximum atomic E-state index is 12.0. The molecule has 118 valence electrons. The Kier molecular flexibility index (Phi) is 4.77. The van der Waals surface area contributed by atoms with E-state index in [9.17, 15) is 13.2 Å². The fourth-order valence-corrected chi connectivity index (χ4v) is 2.67. The fraction of sp³-hybridized carbons (Fsp3) is 0.154. The van der Waals surface area contributed by atoms with Crippen LogP contribution in [0.15, 0.2) is 34.9 Å². The number of aromatic nitrogens is 1. The van der Waals surface area contributed by atoms with Crippen LogP contribution in [0, 0.1) is 0 Å². The molecule has 1 amide bonds. The van der Waals surface area contributed by atoms with Crippen molar-refractivity contribution in [3.63, 3.8) is 0 Å². The molecular weight excluding hydrogens is 374 g/mol. The monoisotopic (exact) mass is 387 g/mol. The lowest BCUT2D eigenvalue weighted by Gasteiger charge is -2.12. The summed E-state index contributed by atoms with van der Waals surface area (Å²) in [4.78, 5) is 14.9. The number of ether oxygens (including phenoxy) is 1.